The van der Waals surface area contributed by atoms with Crippen LogP contribution in [0.25, 0.3) is 44.4 Å². The largest absolute Gasteiger partial charge is 0.455 e. The number of hydrogen-bond acceptors (Lipinski definition) is 3. The van der Waals surface area contributed by atoms with E-state index in [1.165, 1.54) is 11.1 Å². The average Bonchev–Trinajstić information content (AvgIpc) is 3.13. The van der Waals surface area contributed by atoms with E-state index in [2.05, 4.69) is 192 Å². The second kappa shape index (κ2) is 13.9. The van der Waals surface area contributed by atoms with Gasteiger partial charge in [-0.05, 0) is 106 Å². The molecule has 8 rings (SSSR count). The third-order valence-corrected chi connectivity index (χ3v) is 11.5. The van der Waals surface area contributed by atoms with Crippen molar-refractivity contribution in [3.05, 3.63) is 155 Å². The minimum Gasteiger partial charge on any atom is -0.455 e. The standard InChI is InChI=1S/C43H32Br4N2O/c1-24(2)29-22-34-36(25-4-12-30(44)13-5-25)38(27-8-16-32(46)17-9-27)40(43-48-20-3-21-49-43)42-39(34)35(23-29)37(26-6-14-31(45)15-7-26)41(50-42)28-10-18-33(47)19-11-28/h4-19,22-24H,3,20-21H2,1-2H3,(H,48,49). The molecule has 248 valence electrons. The minimum atomic E-state index is 0.294. The number of nitrogens with zero attached hydrogens (tertiary/aromatic N) is 1. The van der Waals surface area contributed by atoms with Crippen molar-refractivity contribution < 1.29 is 4.74 Å². The Balaban J connectivity index is 1.60. The summed E-state index contributed by atoms with van der Waals surface area (Å²) in [5, 5.41) is 5.95. The number of aliphatic imine (C=N–C) groups is 1. The molecule has 0 radical (unpaired) electrons. The zero-order valence-electron chi connectivity index (χ0n) is 27.5. The van der Waals surface area contributed by atoms with Crippen molar-refractivity contribution in [3.8, 4) is 28.0 Å². The summed E-state index contributed by atoms with van der Waals surface area (Å²) < 4.78 is 11.5. The highest BCUT2D eigenvalue weighted by atomic mass is 79.9. The predicted octanol–water partition coefficient (Wildman–Crippen LogP) is 13.4. The Morgan fingerprint density at radius 3 is 1.66 bits per heavy atom. The van der Waals surface area contributed by atoms with Crippen molar-refractivity contribution >= 4 is 91.7 Å². The predicted molar refractivity (Wildman–Crippen MR) is 223 cm³/mol. The van der Waals surface area contributed by atoms with Gasteiger partial charge in [-0.2, -0.15) is 0 Å². The van der Waals surface area contributed by atoms with Gasteiger partial charge in [0.2, 0.25) is 0 Å². The molecule has 0 aliphatic carbocycles. The lowest BCUT2D eigenvalue weighted by atomic mass is 9.79. The van der Waals surface area contributed by atoms with Gasteiger partial charge >= 0.3 is 0 Å². The molecule has 0 atom stereocenters. The van der Waals surface area contributed by atoms with Gasteiger partial charge in [0.1, 0.15) is 17.3 Å². The first kappa shape index (κ1) is 33.6. The molecule has 0 bridgehead atoms. The molecule has 0 saturated carbocycles. The maximum Gasteiger partial charge on any atom is 0.147 e. The molecular formula is C43H32Br4N2O. The minimum absolute atomic E-state index is 0.294. The smallest absolute Gasteiger partial charge is 0.147 e. The number of benzene rings is 6. The Labute approximate surface area is 326 Å². The van der Waals surface area contributed by atoms with E-state index in [0.29, 0.717) is 5.92 Å². The molecule has 0 fully saturated rings. The highest BCUT2D eigenvalue weighted by Crippen LogP contribution is 2.54. The van der Waals surface area contributed by atoms with E-state index in [0.717, 1.165) is 110 Å². The summed E-state index contributed by atoms with van der Waals surface area (Å²) >= 11 is 14.7. The second-order valence-corrected chi connectivity index (χ2v) is 16.6. The number of halogens is 4. The van der Waals surface area contributed by atoms with Crippen LogP contribution in [0.1, 0.15) is 54.0 Å². The maximum atomic E-state index is 7.42. The van der Waals surface area contributed by atoms with Gasteiger partial charge in [-0.1, -0.05) is 132 Å². The first-order valence-corrected chi connectivity index (χ1v) is 19.9. The number of amidine groups is 1. The summed E-state index contributed by atoms with van der Waals surface area (Å²) in [6.45, 7) is 6.15. The molecule has 6 aromatic rings. The SMILES string of the molecule is CC(C)c1cc2c3c(c(C4=NCCCN4)c(-c4ccc(Br)cc4)c(-c4ccc(Br)cc4)c3c1)OC(c1ccc(Br)cc1)=C2c1ccc(Br)cc1. The van der Waals surface area contributed by atoms with Gasteiger partial charge in [0.25, 0.3) is 0 Å². The van der Waals surface area contributed by atoms with Crippen LogP contribution in [0.4, 0.5) is 0 Å². The molecule has 50 heavy (non-hydrogen) atoms. The molecular weight excluding hydrogens is 880 g/mol. The van der Waals surface area contributed by atoms with E-state index < -0.39 is 0 Å². The highest BCUT2D eigenvalue weighted by Gasteiger charge is 2.34. The lowest BCUT2D eigenvalue weighted by molar-refractivity contribution is 0.518. The summed E-state index contributed by atoms with van der Waals surface area (Å²) in [5.74, 6) is 2.81. The Morgan fingerprint density at radius 1 is 0.620 bits per heavy atom. The van der Waals surface area contributed by atoms with Gasteiger partial charge < -0.3 is 10.1 Å². The number of ether oxygens (including phenoxy) is 1. The fourth-order valence-corrected chi connectivity index (χ4v) is 8.03. The van der Waals surface area contributed by atoms with Gasteiger partial charge in [-0.25, -0.2) is 0 Å². The number of hydrogen-bond donors (Lipinski definition) is 1. The van der Waals surface area contributed by atoms with Crippen LogP contribution in [-0.2, 0) is 0 Å². The van der Waals surface area contributed by atoms with Crippen LogP contribution in [0, 0.1) is 0 Å². The summed E-state index contributed by atoms with van der Waals surface area (Å²) in [5.41, 5.74) is 11.1. The molecule has 1 N–H and O–H groups in total. The van der Waals surface area contributed by atoms with E-state index in [-0.39, 0.29) is 0 Å². The average molecular weight is 912 g/mol. The van der Waals surface area contributed by atoms with Crippen molar-refractivity contribution in [2.24, 2.45) is 4.99 Å². The third kappa shape index (κ3) is 6.21. The molecule has 3 nitrogen and oxygen atoms in total. The normalized spacial score (nSPS) is 14.1. The van der Waals surface area contributed by atoms with Crippen molar-refractivity contribution in [2.45, 2.75) is 26.2 Å². The summed E-state index contributed by atoms with van der Waals surface area (Å²) in [7, 11) is 0. The van der Waals surface area contributed by atoms with Crippen LogP contribution in [0.5, 0.6) is 5.75 Å². The second-order valence-electron chi connectivity index (χ2n) is 12.9. The number of nitrogens with one attached hydrogen (secondary N) is 1. The highest BCUT2D eigenvalue weighted by molar-refractivity contribution is 9.11. The molecule has 6 aromatic carbocycles. The van der Waals surface area contributed by atoms with Gasteiger partial charge in [0, 0.05) is 53.1 Å². The maximum absolute atomic E-state index is 7.42. The van der Waals surface area contributed by atoms with Crippen LogP contribution >= 0.6 is 63.7 Å². The zero-order valence-corrected chi connectivity index (χ0v) is 33.8. The van der Waals surface area contributed by atoms with E-state index in [9.17, 15) is 0 Å². The summed E-state index contributed by atoms with van der Waals surface area (Å²) in [6.07, 6.45) is 0.987. The topological polar surface area (TPSA) is 33.6 Å². The van der Waals surface area contributed by atoms with Gasteiger partial charge in [0.15, 0.2) is 0 Å². The first-order chi connectivity index (χ1) is 24.3. The van der Waals surface area contributed by atoms with Gasteiger partial charge in [-0.15, -0.1) is 0 Å². The van der Waals surface area contributed by atoms with Crippen molar-refractivity contribution in [1.82, 2.24) is 5.32 Å². The zero-order chi connectivity index (χ0) is 34.5. The van der Waals surface area contributed by atoms with Crippen LogP contribution in [-0.4, -0.2) is 18.9 Å². The van der Waals surface area contributed by atoms with E-state index in [1.54, 1.807) is 0 Å². The molecule has 0 spiro atoms. The molecule has 0 unspecified atom stereocenters. The molecule has 0 amide bonds. The van der Waals surface area contributed by atoms with E-state index in [1.807, 2.05) is 0 Å². The first-order valence-electron chi connectivity index (χ1n) is 16.7. The van der Waals surface area contributed by atoms with E-state index >= 15 is 0 Å². The lowest BCUT2D eigenvalue weighted by Crippen LogP contribution is -2.31. The van der Waals surface area contributed by atoms with Gasteiger partial charge in [0.05, 0.1) is 5.56 Å². The fraction of sp³-hybridized carbons (Fsp3) is 0.140. The van der Waals surface area contributed by atoms with Crippen molar-refractivity contribution in [1.29, 1.82) is 0 Å². The monoisotopic (exact) mass is 908 g/mol. The summed E-state index contributed by atoms with van der Waals surface area (Å²) in [6, 6.07) is 39.1. The Bertz CT molecular complexity index is 2330. The molecule has 7 heteroatoms. The Morgan fingerprint density at radius 2 is 1.14 bits per heavy atom. The fourth-order valence-electron chi connectivity index (χ4n) is 6.97. The molecule has 2 aliphatic rings. The van der Waals surface area contributed by atoms with Crippen LogP contribution < -0.4 is 10.1 Å². The van der Waals surface area contributed by atoms with E-state index in [4.69, 9.17) is 9.73 Å². The molecule has 0 saturated heterocycles. The lowest BCUT2D eigenvalue weighted by Gasteiger charge is -2.32. The molecule has 0 aromatic heterocycles. The number of rotatable bonds is 6. The van der Waals surface area contributed by atoms with Gasteiger partial charge in [-0.3, -0.25) is 4.99 Å². The Kier molecular flexibility index (Phi) is 9.36. The van der Waals surface area contributed by atoms with Crippen molar-refractivity contribution in [3.63, 3.8) is 0 Å². The quantitative estimate of drug-likeness (QED) is 0.181. The van der Waals surface area contributed by atoms with Crippen LogP contribution in [0.15, 0.2) is 132 Å². The van der Waals surface area contributed by atoms with Crippen molar-refractivity contribution in [2.75, 3.05) is 13.1 Å². The molecule has 2 heterocycles. The third-order valence-electron chi connectivity index (χ3n) is 9.39. The summed E-state index contributed by atoms with van der Waals surface area (Å²) in [4.78, 5) is 5.14. The molecule has 2 aliphatic heterocycles. The Hall–Kier alpha value is -3.49. The van der Waals surface area contributed by atoms with Crippen LogP contribution in [0.3, 0.4) is 0 Å². The van der Waals surface area contributed by atoms with Crippen LogP contribution in [0.2, 0.25) is 0 Å².